The maximum absolute atomic E-state index is 13.8. The van der Waals surface area contributed by atoms with Gasteiger partial charge >= 0.3 is 5.97 Å². The predicted molar refractivity (Wildman–Crippen MR) is 121 cm³/mol. The summed E-state index contributed by atoms with van der Waals surface area (Å²) in [5, 5.41) is 0. The molecule has 1 aromatic heterocycles. The van der Waals surface area contributed by atoms with Crippen molar-refractivity contribution in [2.45, 2.75) is 91.2 Å². The lowest BCUT2D eigenvalue weighted by Gasteiger charge is -2.38. The van der Waals surface area contributed by atoms with Gasteiger partial charge in [-0.1, -0.05) is 59.1 Å². The van der Waals surface area contributed by atoms with Crippen LogP contribution in [0.5, 0.6) is 0 Å². The third-order valence-corrected chi connectivity index (χ3v) is 7.58. The topological polar surface area (TPSA) is 44.1 Å². The Morgan fingerprint density at radius 3 is 2.60 bits per heavy atom. The quantitative estimate of drug-likeness (QED) is 0.522. The molecular formula is C26H38N2O2. The third kappa shape index (κ3) is 4.15. The number of aryl methyl sites for hydroxylation is 1. The van der Waals surface area contributed by atoms with Crippen molar-refractivity contribution in [2.24, 2.45) is 23.7 Å². The van der Waals surface area contributed by atoms with Gasteiger partial charge in [-0.05, 0) is 61.5 Å². The Balaban J connectivity index is 1.69. The molecule has 4 rings (SSSR count). The van der Waals surface area contributed by atoms with Crippen molar-refractivity contribution in [2.75, 3.05) is 0 Å². The third-order valence-electron chi connectivity index (χ3n) is 7.58. The molecule has 2 fully saturated rings. The molecule has 4 heteroatoms. The Morgan fingerprint density at radius 1 is 1.17 bits per heavy atom. The molecule has 164 valence electrons. The summed E-state index contributed by atoms with van der Waals surface area (Å²) >= 11 is 0. The minimum Gasteiger partial charge on any atom is -0.461 e. The molecule has 0 N–H and O–H groups in total. The Bertz CT molecular complexity index is 865. The van der Waals surface area contributed by atoms with Crippen LogP contribution in [0.3, 0.4) is 0 Å². The van der Waals surface area contributed by atoms with Gasteiger partial charge in [0.1, 0.15) is 18.0 Å². The summed E-state index contributed by atoms with van der Waals surface area (Å²) in [7, 11) is 0. The van der Waals surface area contributed by atoms with Crippen molar-refractivity contribution < 1.29 is 9.53 Å². The predicted octanol–water partition coefficient (Wildman–Crippen LogP) is 6.33. The first-order valence-electron chi connectivity index (χ1n) is 12.2. The molecule has 2 aliphatic carbocycles. The number of ether oxygens (including phenoxy) is 1. The summed E-state index contributed by atoms with van der Waals surface area (Å²) in [5.74, 6) is 2.97. The number of esters is 1. The number of aromatic nitrogens is 2. The smallest absolute Gasteiger partial charge is 0.329 e. The molecule has 1 heterocycles. The number of rotatable bonds is 6. The zero-order chi connectivity index (χ0) is 21.3. The molecule has 2 aromatic rings. The summed E-state index contributed by atoms with van der Waals surface area (Å²) < 4.78 is 8.62. The standard InChI is InChI=1S/C26H38N2O2/c1-5-24-27-21-12-8-9-13-22(21)28(24)25(19-10-6-7-11-19)26(29)30-23-16-18(4)14-15-20(23)17(2)3/h8-9,12-13,17-20,23,25H,5-7,10-11,14-16H2,1-4H3/t18-,20+,23-,25-/m1/s1. The van der Waals surface area contributed by atoms with E-state index < -0.39 is 0 Å². The molecule has 0 unspecified atom stereocenters. The maximum Gasteiger partial charge on any atom is 0.329 e. The number of nitrogens with zero attached hydrogens (tertiary/aromatic N) is 2. The molecular weight excluding hydrogens is 372 g/mol. The average Bonchev–Trinajstić information content (AvgIpc) is 3.37. The van der Waals surface area contributed by atoms with Gasteiger partial charge in [0.2, 0.25) is 0 Å². The van der Waals surface area contributed by atoms with Crippen molar-refractivity contribution in [3.63, 3.8) is 0 Å². The van der Waals surface area contributed by atoms with Gasteiger partial charge in [0.15, 0.2) is 0 Å². The first kappa shape index (κ1) is 21.4. The van der Waals surface area contributed by atoms with Crippen LogP contribution in [0.2, 0.25) is 0 Å². The van der Waals surface area contributed by atoms with Gasteiger partial charge in [0.25, 0.3) is 0 Å². The van der Waals surface area contributed by atoms with E-state index in [0.717, 1.165) is 42.5 Å². The molecule has 4 nitrogen and oxygen atoms in total. The van der Waals surface area contributed by atoms with Crippen molar-refractivity contribution in [3.05, 3.63) is 30.1 Å². The molecule has 0 bridgehead atoms. The molecule has 0 spiro atoms. The van der Waals surface area contributed by atoms with E-state index in [2.05, 4.69) is 50.5 Å². The van der Waals surface area contributed by atoms with Crippen LogP contribution in [0.4, 0.5) is 0 Å². The minimum absolute atomic E-state index is 0.0236. The lowest BCUT2D eigenvalue weighted by Crippen LogP contribution is -2.39. The van der Waals surface area contributed by atoms with Crippen LogP contribution in [-0.2, 0) is 16.0 Å². The maximum atomic E-state index is 13.8. The highest BCUT2D eigenvalue weighted by Crippen LogP contribution is 2.40. The van der Waals surface area contributed by atoms with E-state index in [4.69, 9.17) is 9.72 Å². The fraction of sp³-hybridized carbons (Fsp3) is 0.692. The largest absolute Gasteiger partial charge is 0.461 e. The second kappa shape index (κ2) is 9.11. The normalized spacial score (nSPS) is 26.4. The minimum atomic E-state index is -0.250. The summed E-state index contributed by atoms with van der Waals surface area (Å²) in [6.45, 7) is 8.97. The van der Waals surface area contributed by atoms with E-state index in [1.807, 2.05) is 6.07 Å². The van der Waals surface area contributed by atoms with Crippen LogP contribution >= 0.6 is 0 Å². The van der Waals surface area contributed by atoms with Crippen LogP contribution in [0.15, 0.2) is 24.3 Å². The van der Waals surface area contributed by atoms with E-state index in [0.29, 0.717) is 23.7 Å². The monoisotopic (exact) mass is 410 g/mol. The fourth-order valence-electron chi connectivity index (χ4n) is 5.91. The van der Waals surface area contributed by atoms with Crippen LogP contribution in [0.1, 0.15) is 84.5 Å². The van der Waals surface area contributed by atoms with Crippen LogP contribution < -0.4 is 0 Å². The Morgan fingerprint density at radius 2 is 1.90 bits per heavy atom. The van der Waals surface area contributed by atoms with Gasteiger partial charge in [0.05, 0.1) is 11.0 Å². The van der Waals surface area contributed by atoms with Gasteiger partial charge in [-0.25, -0.2) is 9.78 Å². The number of hydrogen-bond donors (Lipinski definition) is 0. The number of fused-ring (bicyclic) bond motifs is 1. The highest BCUT2D eigenvalue weighted by molar-refractivity contribution is 5.81. The van der Waals surface area contributed by atoms with Crippen LogP contribution in [-0.4, -0.2) is 21.6 Å². The fourth-order valence-corrected chi connectivity index (χ4v) is 5.91. The molecule has 0 radical (unpaired) electrons. The average molecular weight is 411 g/mol. The van der Waals surface area contributed by atoms with Crippen molar-refractivity contribution in [1.82, 2.24) is 9.55 Å². The number of imidazole rings is 1. The summed E-state index contributed by atoms with van der Waals surface area (Å²) in [4.78, 5) is 18.7. The highest BCUT2D eigenvalue weighted by atomic mass is 16.5. The summed E-state index contributed by atoms with van der Waals surface area (Å²) in [6.07, 6.45) is 8.89. The van der Waals surface area contributed by atoms with Gasteiger partial charge in [-0.3, -0.25) is 0 Å². The van der Waals surface area contributed by atoms with Crippen LogP contribution in [0, 0.1) is 23.7 Å². The van der Waals surface area contributed by atoms with Crippen LogP contribution in [0.25, 0.3) is 11.0 Å². The molecule has 2 saturated carbocycles. The first-order valence-corrected chi connectivity index (χ1v) is 12.2. The molecule has 30 heavy (non-hydrogen) atoms. The van der Waals surface area contributed by atoms with E-state index in [1.54, 1.807) is 0 Å². The highest BCUT2D eigenvalue weighted by Gasteiger charge is 2.39. The number of benzene rings is 1. The number of hydrogen-bond acceptors (Lipinski definition) is 3. The number of carbonyl (C=O) groups is 1. The second-order valence-corrected chi connectivity index (χ2v) is 10.0. The SMILES string of the molecule is CCc1nc2ccccc2n1[C@@H](C(=O)O[C@@H]1C[C@H](C)CC[C@H]1C(C)C)C1CCCC1. The second-order valence-electron chi connectivity index (χ2n) is 10.0. The lowest BCUT2D eigenvalue weighted by atomic mass is 9.75. The Labute approximate surface area is 181 Å². The number of carbonyl (C=O) groups excluding carboxylic acids is 1. The molecule has 1 aromatic carbocycles. The van der Waals surface area contributed by atoms with Gasteiger partial charge in [0, 0.05) is 6.42 Å². The summed E-state index contributed by atoms with van der Waals surface area (Å²) in [6, 6.07) is 7.99. The zero-order valence-electron chi connectivity index (χ0n) is 19.1. The first-order chi connectivity index (χ1) is 14.5. The van der Waals surface area contributed by atoms with E-state index in [-0.39, 0.29) is 18.1 Å². The lowest BCUT2D eigenvalue weighted by molar-refractivity contribution is -0.161. The number of para-hydroxylation sites is 2. The molecule has 0 saturated heterocycles. The van der Waals surface area contributed by atoms with Crippen molar-refractivity contribution in [3.8, 4) is 0 Å². The van der Waals surface area contributed by atoms with E-state index in [9.17, 15) is 4.79 Å². The Hall–Kier alpha value is -1.84. The van der Waals surface area contributed by atoms with Crippen molar-refractivity contribution in [1.29, 1.82) is 0 Å². The van der Waals surface area contributed by atoms with Gasteiger partial charge < -0.3 is 9.30 Å². The molecule has 0 amide bonds. The summed E-state index contributed by atoms with van der Waals surface area (Å²) in [5.41, 5.74) is 2.05. The molecule has 2 aliphatic rings. The Kier molecular flexibility index (Phi) is 6.50. The van der Waals surface area contributed by atoms with E-state index in [1.165, 1.54) is 25.7 Å². The van der Waals surface area contributed by atoms with E-state index >= 15 is 0 Å². The van der Waals surface area contributed by atoms with Crippen molar-refractivity contribution >= 4 is 17.0 Å². The van der Waals surface area contributed by atoms with Gasteiger partial charge in [-0.15, -0.1) is 0 Å². The zero-order valence-corrected chi connectivity index (χ0v) is 19.1. The molecule has 0 aliphatic heterocycles. The molecule has 4 atom stereocenters. The van der Waals surface area contributed by atoms with Gasteiger partial charge in [-0.2, -0.15) is 0 Å².